The van der Waals surface area contributed by atoms with E-state index in [-0.39, 0.29) is 12.3 Å². The zero-order valence-electron chi connectivity index (χ0n) is 15.6. The lowest BCUT2D eigenvalue weighted by atomic mass is 10.1. The maximum atomic E-state index is 12.3. The Morgan fingerprint density at radius 1 is 1.23 bits per heavy atom. The molecule has 1 aromatic rings. The summed E-state index contributed by atoms with van der Waals surface area (Å²) in [5.74, 6) is -0.567. The number of esters is 1. The Morgan fingerprint density at radius 2 is 1.85 bits per heavy atom. The first-order chi connectivity index (χ1) is 12.1. The maximum Gasteiger partial charge on any atom is 0.408 e. The first kappa shape index (κ1) is 21.4. The molecule has 8 heteroatoms. The van der Waals surface area contributed by atoms with Gasteiger partial charge in [-0.15, -0.1) is 0 Å². The van der Waals surface area contributed by atoms with E-state index in [1.54, 1.807) is 20.8 Å². The third-order valence-corrected chi connectivity index (χ3v) is 3.35. The molecule has 0 radical (unpaired) electrons. The molecule has 0 heterocycles. The average molecular weight is 366 g/mol. The predicted molar refractivity (Wildman–Crippen MR) is 95.6 cm³/mol. The van der Waals surface area contributed by atoms with Crippen LogP contribution in [0.1, 0.15) is 52.5 Å². The van der Waals surface area contributed by atoms with E-state index in [4.69, 9.17) is 9.47 Å². The van der Waals surface area contributed by atoms with Crippen molar-refractivity contribution >= 4 is 17.7 Å². The van der Waals surface area contributed by atoms with Crippen LogP contribution in [-0.2, 0) is 20.9 Å². The van der Waals surface area contributed by atoms with E-state index in [1.807, 2.05) is 6.92 Å². The number of carbonyl (C=O) groups is 2. The number of nitro benzene ring substituents is 1. The fourth-order valence-corrected chi connectivity index (χ4v) is 2.08. The van der Waals surface area contributed by atoms with E-state index in [0.717, 1.165) is 12.8 Å². The van der Waals surface area contributed by atoms with Crippen molar-refractivity contribution in [1.29, 1.82) is 0 Å². The van der Waals surface area contributed by atoms with Gasteiger partial charge in [0, 0.05) is 12.1 Å². The van der Waals surface area contributed by atoms with Gasteiger partial charge in [0.2, 0.25) is 0 Å². The molecule has 1 atom stereocenters. The van der Waals surface area contributed by atoms with Crippen LogP contribution in [0.15, 0.2) is 24.3 Å². The number of carbonyl (C=O) groups excluding carboxylic acids is 2. The maximum absolute atomic E-state index is 12.3. The summed E-state index contributed by atoms with van der Waals surface area (Å²) < 4.78 is 10.4. The lowest BCUT2D eigenvalue weighted by molar-refractivity contribution is -0.384. The summed E-state index contributed by atoms with van der Waals surface area (Å²) >= 11 is 0. The molecule has 0 aliphatic carbocycles. The zero-order valence-corrected chi connectivity index (χ0v) is 15.6. The largest absolute Gasteiger partial charge is 0.459 e. The topological polar surface area (TPSA) is 108 Å². The summed E-state index contributed by atoms with van der Waals surface area (Å²) in [6, 6.07) is 4.93. The minimum absolute atomic E-state index is 0.0323. The number of unbranched alkanes of at least 4 members (excludes halogenated alkanes) is 1. The molecule has 0 unspecified atom stereocenters. The van der Waals surface area contributed by atoms with Crippen LogP contribution in [0, 0.1) is 10.1 Å². The molecule has 8 nitrogen and oxygen atoms in total. The van der Waals surface area contributed by atoms with Gasteiger partial charge in [0.15, 0.2) is 0 Å². The first-order valence-electron chi connectivity index (χ1n) is 8.52. The van der Waals surface area contributed by atoms with Crippen LogP contribution in [0.2, 0.25) is 0 Å². The van der Waals surface area contributed by atoms with Crippen molar-refractivity contribution in [3.05, 3.63) is 39.9 Å². The summed E-state index contributed by atoms with van der Waals surface area (Å²) in [5.41, 5.74) is -0.0786. The SMILES string of the molecule is CCCC[C@@H](NC(=O)OC(C)(C)C)C(=O)OCc1ccc([N+](=O)[O-])cc1. The number of hydrogen-bond acceptors (Lipinski definition) is 6. The number of alkyl carbamates (subject to hydrolysis) is 1. The molecule has 1 aromatic carbocycles. The van der Waals surface area contributed by atoms with Gasteiger partial charge in [0.25, 0.3) is 5.69 Å². The fraction of sp³-hybridized carbons (Fsp3) is 0.556. The van der Waals surface area contributed by atoms with Gasteiger partial charge >= 0.3 is 12.1 Å². The minimum Gasteiger partial charge on any atom is -0.459 e. The van der Waals surface area contributed by atoms with Gasteiger partial charge in [-0.3, -0.25) is 10.1 Å². The molecule has 0 saturated carbocycles. The highest BCUT2D eigenvalue weighted by Crippen LogP contribution is 2.14. The highest BCUT2D eigenvalue weighted by Gasteiger charge is 2.25. The summed E-state index contributed by atoms with van der Waals surface area (Å²) in [7, 11) is 0. The van der Waals surface area contributed by atoms with E-state index < -0.39 is 28.6 Å². The predicted octanol–water partition coefficient (Wildman–Crippen LogP) is 3.72. The third-order valence-electron chi connectivity index (χ3n) is 3.35. The number of nitro groups is 1. The second-order valence-electron chi connectivity index (χ2n) is 6.87. The molecule has 0 fully saturated rings. The van der Waals surface area contributed by atoms with Crippen LogP contribution in [0.4, 0.5) is 10.5 Å². The van der Waals surface area contributed by atoms with E-state index in [0.29, 0.717) is 12.0 Å². The van der Waals surface area contributed by atoms with Crippen molar-refractivity contribution in [2.24, 2.45) is 0 Å². The van der Waals surface area contributed by atoms with E-state index >= 15 is 0 Å². The molecule has 0 aromatic heterocycles. The van der Waals surface area contributed by atoms with Crippen LogP contribution in [0.5, 0.6) is 0 Å². The fourth-order valence-electron chi connectivity index (χ4n) is 2.08. The second kappa shape index (κ2) is 9.74. The van der Waals surface area contributed by atoms with Crippen LogP contribution in [0.25, 0.3) is 0 Å². The lowest BCUT2D eigenvalue weighted by Crippen LogP contribution is -2.44. The van der Waals surface area contributed by atoms with Crippen molar-refractivity contribution < 1.29 is 24.0 Å². The van der Waals surface area contributed by atoms with Crippen molar-refractivity contribution in [3.8, 4) is 0 Å². The van der Waals surface area contributed by atoms with Crippen LogP contribution < -0.4 is 5.32 Å². The molecule has 0 spiro atoms. The van der Waals surface area contributed by atoms with Gasteiger partial charge in [0.1, 0.15) is 18.2 Å². The summed E-state index contributed by atoms with van der Waals surface area (Å²) in [6.45, 7) is 7.16. The van der Waals surface area contributed by atoms with Gasteiger partial charge in [0.05, 0.1) is 4.92 Å². The van der Waals surface area contributed by atoms with Gasteiger partial charge in [-0.05, 0) is 44.9 Å². The molecule has 1 N–H and O–H groups in total. The Balaban J connectivity index is 2.64. The van der Waals surface area contributed by atoms with Crippen molar-refractivity contribution in [2.45, 2.75) is 65.2 Å². The number of benzene rings is 1. The van der Waals surface area contributed by atoms with E-state index in [2.05, 4.69) is 5.32 Å². The first-order valence-corrected chi connectivity index (χ1v) is 8.52. The molecular formula is C18H26N2O6. The van der Waals surface area contributed by atoms with E-state index in [1.165, 1.54) is 24.3 Å². The molecule has 1 amide bonds. The minimum atomic E-state index is -0.803. The number of nitrogens with one attached hydrogen (secondary N) is 1. The second-order valence-corrected chi connectivity index (χ2v) is 6.87. The smallest absolute Gasteiger partial charge is 0.408 e. The highest BCUT2D eigenvalue weighted by atomic mass is 16.6. The number of ether oxygens (including phenoxy) is 2. The van der Waals surface area contributed by atoms with Crippen LogP contribution in [-0.4, -0.2) is 28.6 Å². The number of nitrogens with zero attached hydrogens (tertiary/aromatic N) is 1. The molecule has 0 bridgehead atoms. The molecule has 144 valence electrons. The molecule has 1 rings (SSSR count). The van der Waals surface area contributed by atoms with E-state index in [9.17, 15) is 19.7 Å². The van der Waals surface area contributed by atoms with Gasteiger partial charge in [-0.25, -0.2) is 9.59 Å². The van der Waals surface area contributed by atoms with Crippen LogP contribution in [0.3, 0.4) is 0 Å². The molecule has 0 aliphatic heterocycles. The van der Waals surface area contributed by atoms with Gasteiger partial charge in [-0.1, -0.05) is 19.8 Å². The normalized spacial score (nSPS) is 12.2. The Hall–Kier alpha value is -2.64. The highest BCUT2D eigenvalue weighted by molar-refractivity contribution is 5.81. The quantitative estimate of drug-likeness (QED) is 0.427. The Bertz CT molecular complexity index is 622. The van der Waals surface area contributed by atoms with Crippen molar-refractivity contribution in [2.75, 3.05) is 0 Å². The number of amides is 1. The lowest BCUT2D eigenvalue weighted by Gasteiger charge is -2.23. The number of hydrogen-bond donors (Lipinski definition) is 1. The number of non-ortho nitro benzene ring substituents is 1. The molecular weight excluding hydrogens is 340 g/mol. The number of rotatable bonds is 8. The van der Waals surface area contributed by atoms with Gasteiger partial charge in [-0.2, -0.15) is 0 Å². The van der Waals surface area contributed by atoms with Gasteiger partial charge < -0.3 is 14.8 Å². The Morgan fingerprint density at radius 3 is 2.35 bits per heavy atom. The zero-order chi connectivity index (χ0) is 19.7. The molecule has 0 saturated heterocycles. The summed E-state index contributed by atoms with van der Waals surface area (Å²) in [5, 5.41) is 13.2. The molecule has 26 heavy (non-hydrogen) atoms. The Labute approximate surface area is 153 Å². The monoisotopic (exact) mass is 366 g/mol. The molecule has 0 aliphatic rings. The van der Waals surface area contributed by atoms with Crippen molar-refractivity contribution in [1.82, 2.24) is 5.32 Å². The third kappa shape index (κ3) is 7.96. The Kier molecular flexibility index (Phi) is 8.02. The summed E-state index contributed by atoms with van der Waals surface area (Å²) in [6.07, 6.45) is 1.37. The summed E-state index contributed by atoms with van der Waals surface area (Å²) in [4.78, 5) is 34.3. The average Bonchev–Trinajstić information content (AvgIpc) is 2.55. The van der Waals surface area contributed by atoms with Crippen LogP contribution >= 0.6 is 0 Å². The van der Waals surface area contributed by atoms with Crippen molar-refractivity contribution in [3.63, 3.8) is 0 Å². The standard InChI is InChI=1S/C18H26N2O6/c1-5-6-7-15(19-17(22)26-18(2,3)4)16(21)25-12-13-8-10-14(11-9-13)20(23)24/h8-11,15H,5-7,12H2,1-4H3,(H,19,22)/t15-/m1/s1.